The maximum Gasteiger partial charge on any atom is 0.248 e. The van der Waals surface area contributed by atoms with E-state index in [9.17, 15) is 0 Å². The molecule has 3 aromatic rings. The van der Waals surface area contributed by atoms with E-state index in [-0.39, 0.29) is 0 Å². The second kappa shape index (κ2) is 7.70. The minimum atomic E-state index is 0.413. The van der Waals surface area contributed by atoms with Gasteiger partial charge in [-0.2, -0.15) is 0 Å². The molecule has 2 aromatic carbocycles. The van der Waals surface area contributed by atoms with Gasteiger partial charge in [-0.15, -0.1) is 10.2 Å². The number of rotatable bonds is 7. The fourth-order valence-corrected chi connectivity index (χ4v) is 2.37. The second-order valence-corrected chi connectivity index (χ2v) is 5.61. The molecule has 0 aliphatic rings. The lowest BCUT2D eigenvalue weighted by Gasteiger charge is -2.10. The summed E-state index contributed by atoms with van der Waals surface area (Å²) in [4.78, 5) is 0. The maximum absolute atomic E-state index is 5.80. The van der Waals surface area contributed by atoms with E-state index in [1.165, 1.54) is 0 Å². The third-order valence-corrected chi connectivity index (χ3v) is 3.72. The Morgan fingerprint density at radius 1 is 1.00 bits per heavy atom. The number of hydrogen-bond acceptors (Lipinski definition) is 6. The van der Waals surface area contributed by atoms with Crippen molar-refractivity contribution in [3.63, 3.8) is 0 Å². The minimum absolute atomic E-state index is 0.413. The molecule has 0 saturated heterocycles. The van der Waals surface area contributed by atoms with Gasteiger partial charge in [-0.1, -0.05) is 19.4 Å². The van der Waals surface area contributed by atoms with E-state index in [2.05, 4.69) is 17.1 Å². The van der Waals surface area contributed by atoms with Crippen LogP contribution in [0.2, 0.25) is 0 Å². The highest BCUT2D eigenvalue weighted by Crippen LogP contribution is 2.33. The summed E-state index contributed by atoms with van der Waals surface area (Å²) in [5.41, 5.74) is 7.99. The summed E-state index contributed by atoms with van der Waals surface area (Å²) < 4.78 is 16.9. The van der Waals surface area contributed by atoms with Crippen LogP contribution in [0.15, 0.2) is 46.9 Å². The molecule has 130 valence electrons. The summed E-state index contributed by atoms with van der Waals surface area (Å²) in [5, 5.41) is 8.22. The van der Waals surface area contributed by atoms with E-state index in [4.69, 9.17) is 19.6 Å². The maximum atomic E-state index is 5.80. The van der Waals surface area contributed by atoms with Gasteiger partial charge in [-0.25, -0.2) is 0 Å². The lowest BCUT2D eigenvalue weighted by atomic mass is 10.2. The van der Waals surface area contributed by atoms with Gasteiger partial charge in [0.1, 0.15) is 0 Å². The zero-order valence-electron chi connectivity index (χ0n) is 14.4. The molecule has 6 nitrogen and oxygen atoms in total. The van der Waals surface area contributed by atoms with Gasteiger partial charge in [-0.3, -0.25) is 0 Å². The van der Waals surface area contributed by atoms with Crippen molar-refractivity contribution in [2.75, 3.05) is 19.5 Å². The van der Waals surface area contributed by atoms with Crippen molar-refractivity contribution in [1.82, 2.24) is 10.2 Å². The molecule has 25 heavy (non-hydrogen) atoms. The fourth-order valence-electron chi connectivity index (χ4n) is 2.37. The number of hydrogen-bond donors (Lipinski definition) is 1. The van der Waals surface area contributed by atoms with Crippen LogP contribution >= 0.6 is 0 Å². The Morgan fingerprint density at radius 3 is 2.44 bits per heavy atom. The second-order valence-electron chi connectivity index (χ2n) is 5.61. The van der Waals surface area contributed by atoms with E-state index in [1.54, 1.807) is 13.2 Å². The highest BCUT2D eigenvalue weighted by Gasteiger charge is 2.13. The Labute approximate surface area is 146 Å². The summed E-state index contributed by atoms with van der Waals surface area (Å²) >= 11 is 0. The molecule has 6 heteroatoms. The molecular weight excluding hydrogens is 318 g/mol. The van der Waals surface area contributed by atoms with Gasteiger partial charge in [0.15, 0.2) is 11.5 Å². The number of unbranched alkanes of at least 4 members (excludes halogenated alkanes) is 1. The van der Waals surface area contributed by atoms with E-state index in [0.29, 0.717) is 35.6 Å². The molecule has 2 N–H and O–H groups in total. The summed E-state index contributed by atoms with van der Waals surface area (Å²) in [6.45, 7) is 2.78. The molecule has 1 aromatic heterocycles. The summed E-state index contributed by atoms with van der Waals surface area (Å²) in [6.07, 6.45) is 2.08. The molecule has 0 fully saturated rings. The van der Waals surface area contributed by atoms with Gasteiger partial charge in [-0.05, 0) is 42.8 Å². The number of aromatic nitrogens is 2. The third-order valence-electron chi connectivity index (χ3n) is 3.72. The zero-order valence-corrected chi connectivity index (χ0v) is 14.4. The summed E-state index contributed by atoms with van der Waals surface area (Å²) in [6, 6.07) is 12.9. The number of nitrogen functional groups attached to an aromatic ring is 1. The molecule has 0 atom stereocenters. The van der Waals surface area contributed by atoms with E-state index < -0.39 is 0 Å². The van der Waals surface area contributed by atoms with Crippen molar-refractivity contribution >= 4 is 5.69 Å². The van der Waals surface area contributed by atoms with Crippen molar-refractivity contribution in [3.05, 3.63) is 42.5 Å². The normalized spacial score (nSPS) is 10.6. The predicted molar refractivity (Wildman–Crippen MR) is 96.5 cm³/mol. The number of anilines is 1. The molecule has 0 aliphatic carbocycles. The number of benzene rings is 2. The first-order valence-electron chi connectivity index (χ1n) is 8.22. The molecule has 0 unspecified atom stereocenters. The SMILES string of the molecule is CCCCOc1ccc(-c2nnc(-c3cccc(N)c3)o2)cc1OC. The molecule has 0 radical (unpaired) electrons. The Bertz CT molecular complexity index is 845. The van der Waals surface area contributed by atoms with Crippen LogP contribution in [-0.2, 0) is 0 Å². The zero-order chi connectivity index (χ0) is 17.6. The van der Waals surface area contributed by atoms with Crippen LogP contribution in [0.5, 0.6) is 11.5 Å². The van der Waals surface area contributed by atoms with Crippen LogP contribution < -0.4 is 15.2 Å². The number of methoxy groups -OCH3 is 1. The minimum Gasteiger partial charge on any atom is -0.493 e. The first-order chi connectivity index (χ1) is 12.2. The smallest absolute Gasteiger partial charge is 0.248 e. The van der Waals surface area contributed by atoms with Gasteiger partial charge in [0.25, 0.3) is 0 Å². The van der Waals surface area contributed by atoms with Crippen molar-refractivity contribution in [1.29, 1.82) is 0 Å². The van der Waals surface area contributed by atoms with Crippen LogP contribution in [0.3, 0.4) is 0 Å². The number of nitrogens with two attached hydrogens (primary N) is 1. The highest BCUT2D eigenvalue weighted by molar-refractivity contribution is 5.63. The Kier molecular flexibility index (Phi) is 5.18. The number of nitrogens with zero attached hydrogens (tertiary/aromatic N) is 2. The first-order valence-corrected chi connectivity index (χ1v) is 8.22. The van der Waals surface area contributed by atoms with Crippen LogP contribution in [-0.4, -0.2) is 23.9 Å². The lowest BCUT2D eigenvalue weighted by Crippen LogP contribution is -1.98. The predicted octanol–water partition coefficient (Wildman–Crippen LogP) is 4.17. The molecule has 0 amide bonds. The molecule has 0 saturated carbocycles. The number of ether oxygens (including phenoxy) is 2. The van der Waals surface area contributed by atoms with E-state index >= 15 is 0 Å². The fraction of sp³-hybridized carbons (Fsp3) is 0.263. The summed E-state index contributed by atoms with van der Waals surface area (Å²) in [5.74, 6) is 2.17. The molecular formula is C19H21N3O3. The molecule has 0 bridgehead atoms. The van der Waals surface area contributed by atoms with Crippen molar-refractivity contribution < 1.29 is 13.9 Å². The van der Waals surface area contributed by atoms with Crippen molar-refractivity contribution in [3.8, 4) is 34.4 Å². The van der Waals surface area contributed by atoms with Crippen LogP contribution in [0.25, 0.3) is 22.9 Å². The molecule has 0 spiro atoms. The third kappa shape index (κ3) is 3.91. The molecule has 1 heterocycles. The topological polar surface area (TPSA) is 83.4 Å². The largest absolute Gasteiger partial charge is 0.493 e. The average molecular weight is 339 g/mol. The lowest BCUT2D eigenvalue weighted by molar-refractivity contribution is 0.288. The average Bonchev–Trinajstić information content (AvgIpc) is 3.12. The van der Waals surface area contributed by atoms with Crippen molar-refractivity contribution in [2.24, 2.45) is 0 Å². The monoisotopic (exact) mass is 339 g/mol. The molecule has 0 aliphatic heterocycles. The van der Waals surface area contributed by atoms with Crippen molar-refractivity contribution in [2.45, 2.75) is 19.8 Å². The van der Waals surface area contributed by atoms with E-state index in [1.807, 2.05) is 36.4 Å². The standard InChI is InChI=1S/C19H21N3O3/c1-3-4-10-24-16-9-8-14(12-17(16)23-2)19-22-21-18(25-19)13-6-5-7-15(20)11-13/h5-9,11-12H,3-4,10,20H2,1-2H3. The Morgan fingerprint density at radius 2 is 1.76 bits per heavy atom. The molecule has 3 rings (SSSR count). The van der Waals surface area contributed by atoms with Gasteiger partial charge in [0, 0.05) is 16.8 Å². The summed E-state index contributed by atoms with van der Waals surface area (Å²) in [7, 11) is 1.61. The van der Waals surface area contributed by atoms with Gasteiger partial charge in [0.05, 0.1) is 13.7 Å². The van der Waals surface area contributed by atoms with Gasteiger partial charge >= 0.3 is 0 Å². The van der Waals surface area contributed by atoms with Crippen LogP contribution in [0.4, 0.5) is 5.69 Å². The van der Waals surface area contributed by atoms with Crippen LogP contribution in [0.1, 0.15) is 19.8 Å². The highest BCUT2D eigenvalue weighted by atomic mass is 16.5. The van der Waals surface area contributed by atoms with Gasteiger partial charge in [0.2, 0.25) is 11.8 Å². The Balaban J connectivity index is 1.84. The van der Waals surface area contributed by atoms with E-state index in [0.717, 1.165) is 24.0 Å². The quantitative estimate of drug-likeness (QED) is 0.514. The Hall–Kier alpha value is -3.02. The van der Waals surface area contributed by atoms with Gasteiger partial charge < -0.3 is 19.6 Å². The first kappa shape index (κ1) is 16.8. The van der Waals surface area contributed by atoms with Crippen LogP contribution in [0, 0.1) is 0 Å².